The van der Waals surface area contributed by atoms with Gasteiger partial charge in [-0.2, -0.15) is 4.98 Å². The second kappa shape index (κ2) is 6.80. The van der Waals surface area contributed by atoms with Gasteiger partial charge in [-0.05, 0) is 50.6 Å². The van der Waals surface area contributed by atoms with E-state index in [-0.39, 0.29) is 17.8 Å². The first-order valence-corrected chi connectivity index (χ1v) is 7.36. The molecule has 5 heteroatoms. The molecule has 0 amide bonds. The molecule has 1 aromatic heterocycles. The van der Waals surface area contributed by atoms with Gasteiger partial charge in [0.15, 0.2) is 0 Å². The van der Waals surface area contributed by atoms with Gasteiger partial charge in [0.05, 0.1) is 5.92 Å². The van der Waals surface area contributed by atoms with Crippen LogP contribution in [0.5, 0.6) is 0 Å². The summed E-state index contributed by atoms with van der Waals surface area (Å²) in [6, 6.07) is 5.08. The van der Waals surface area contributed by atoms with Crippen molar-refractivity contribution in [3.63, 3.8) is 0 Å². The highest BCUT2D eigenvalue weighted by Crippen LogP contribution is 2.23. The lowest BCUT2D eigenvalue weighted by Crippen LogP contribution is -2.31. The van der Waals surface area contributed by atoms with Crippen LogP contribution < -0.4 is 5.32 Å². The summed E-state index contributed by atoms with van der Waals surface area (Å²) in [5.41, 5.74) is 1.34. The molecule has 0 aliphatic carbocycles. The minimum atomic E-state index is -0.228. The Morgan fingerprint density at radius 3 is 2.76 bits per heavy atom. The summed E-state index contributed by atoms with van der Waals surface area (Å²) in [4.78, 5) is 4.44. The van der Waals surface area contributed by atoms with Gasteiger partial charge in [0.25, 0.3) is 0 Å². The molecule has 0 radical (unpaired) electrons. The van der Waals surface area contributed by atoms with Crippen LogP contribution in [-0.4, -0.2) is 22.7 Å². The van der Waals surface area contributed by atoms with Gasteiger partial charge >= 0.3 is 0 Å². The molecule has 0 aliphatic rings. The van der Waals surface area contributed by atoms with Crippen molar-refractivity contribution >= 4 is 0 Å². The van der Waals surface area contributed by atoms with Crippen LogP contribution in [0.2, 0.25) is 0 Å². The molecule has 2 aromatic rings. The van der Waals surface area contributed by atoms with E-state index in [9.17, 15) is 4.39 Å². The summed E-state index contributed by atoms with van der Waals surface area (Å²) in [6.07, 6.45) is 1.08. The van der Waals surface area contributed by atoms with E-state index in [1.165, 1.54) is 6.07 Å². The molecule has 0 aliphatic heterocycles. The van der Waals surface area contributed by atoms with Gasteiger partial charge in [-0.25, -0.2) is 4.39 Å². The fraction of sp³-hybridized carbons (Fsp3) is 0.500. The summed E-state index contributed by atoms with van der Waals surface area (Å²) in [6.45, 7) is 8.97. The lowest BCUT2D eigenvalue weighted by Gasteiger charge is -2.17. The van der Waals surface area contributed by atoms with E-state index in [1.807, 2.05) is 0 Å². The van der Waals surface area contributed by atoms with Gasteiger partial charge in [0.2, 0.25) is 11.7 Å². The highest BCUT2D eigenvalue weighted by atomic mass is 19.1. The van der Waals surface area contributed by atoms with E-state index in [0.29, 0.717) is 17.3 Å². The SMILES string of the molecule is CCCNC(C)C(C)c1nc(-c2ccc(F)c(C)c2)no1. The minimum absolute atomic E-state index is 0.124. The molecule has 2 unspecified atom stereocenters. The minimum Gasteiger partial charge on any atom is -0.339 e. The number of aryl methyl sites for hydroxylation is 1. The van der Waals surface area contributed by atoms with Crippen LogP contribution in [0.25, 0.3) is 11.4 Å². The molecule has 0 saturated carbocycles. The number of nitrogens with one attached hydrogen (secondary N) is 1. The van der Waals surface area contributed by atoms with Crippen LogP contribution in [0.3, 0.4) is 0 Å². The summed E-state index contributed by atoms with van der Waals surface area (Å²) in [5, 5.41) is 7.42. The Balaban J connectivity index is 2.15. The second-order valence-corrected chi connectivity index (χ2v) is 5.45. The third kappa shape index (κ3) is 3.67. The largest absolute Gasteiger partial charge is 0.339 e. The first-order chi connectivity index (χ1) is 10.0. The standard InChI is InChI=1S/C16H22FN3O/c1-5-8-18-12(4)11(3)16-19-15(20-21-16)13-6-7-14(17)10(2)9-13/h6-7,9,11-12,18H,5,8H2,1-4H3. The molecule has 2 atom stereocenters. The molecule has 1 N–H and O–H groups in total. The van der Waals surface area contributed by atoms with E-state index in [0.717, 1.165) is 18.5 Å². The van der Waals surface area contributed by atoms with Gasteiger partial charge in [0, 0.05) is 11.6 Å². The molecule has 114 valence electrons. The first kappa shape index (κ1) is 15.6. The Morgan fingerprint density at radius 1 is 1.33 bits per heavy atom. The highest BCUT2D eigenvalue weighted by Gasteiger charge is 2.20. The molecule has 2 rings (SSSR count). The zero-order chi connectivity index (χ0) is 15.4. The maximum Gasteiger partial charge on any atom is 0.231 e. The van der Waals surface area contributed by atoms with Crippen molar-refractivity contribution in [2.24, 2.45) is 0 Å². The molecule has 1 heterocycles. The van der Waals surface area contributed by atoms with E-state index < -0.39 is 0 Å². The van der Waals surface area contributed by atoms with E-state index in [1.54, 1.807) is 19.1 Å². The van der Waals surface area contributed by atoms with Crippen molar-refractivity contribution in [1.82, 2.24) is 15.5 Å². The number of benzene rings is 1. The van der Waals surface area contributed by atoms with Gasteiger partial charge < -0.3 is 9.84 Å². The summed E-state index contributed by atoms with van der Waals surface area (Å²) in [5.74, 6) is 0.998. The predicted octanol–water partition coefficient (Wildman–Crippen LogP) is 3.68. The summed E-state index contributed by atoms with van der Waals surface area (Å²) < 4.78 is 18.7. The number of hydrogen-bond acceptors (Lipinski definition) is 4. The lowest BCUT2D eigenvalue weighted by molar-refractivity contribution is 0.331. The average molecular weight is 291 g/mol. The van der Waals surface area contributed by atoms with Crippen molar-refractivity contribution in [1.29, 1.82) is 0 Å². The molecule has 0 bridgehead atoms. The topological polar surface area (TPSA) is 51.0 Å². The number of rotatable bonds is 6. The van der Waals surface area contributed by atoms with E-state index >= 15 is 0 Å². The van der Waals surface area contributed by atoms with Gasteiger partial charge in [0.1, 0.15) is 5.82 Å². The number of nitrogens with zero attached hydrogens (tertiary/aromatic N) is 2. The molecular weight excluding hydrogens is 269 g/mol. The van der Waals surface area contributed by atoms with Crippen molar-refractivity contribution in [3.8, 4) is 11.4 Å². The molecule has 0 fully saturated rings. The molecular formula is C16H22FN3O. The molecule has 4 nitrogen and oxygen atoms in total. The third-order valence-corrected chi connectivity index (χ3v) is 3.71. The number of aromatic nitrogens is 2. The second-order valence-electron chi connectivity index (χ2n) is 5.45. The van der Waals surface area contributed by atoms with Crippen LogP contribution in [0.1, 0.15) is 44.6 Å². The Labute approximate surface area is 124 Å². The monoisotopic (exact) mass is 291 g/mol. The number of halogens is 1. The van der Waals surface area contributed by atoms with Crippen LogP contribution in [0, 0.1) is 12.7 Å². The van der Waals surface area contributed by atoms with Gasteiger partial charge in [-0.3, -0.25) is 0 Å². The maximum absolute atomic E-state index is 13.3. The van der Waals surface area contributed by atoms with Crippen molar-refractivity contribution in [2.75, 3.05) is 6.54 Å². The Morgan fingerprint density at radius 2 is 2.10 bits per heavy atom. The van der Waals surface area contributed by atoms with Crippen molar-refractivity contribution in [3.05, 3.63) is 35.5 Å². The van der Waals surface area contributed by atoms with Crippen molar-refractivity contribution in [2.45, 2.75) is 46.1 Å². The number of hydrogen-bond donors (Lipinski definition) is 1. The van der Waals surface area contributed by atoms with Gasteiger partial charge in [-0.1, -0.05) is 19.0 Å². The Kier molecular flexibility index (Phi) is 5.07. The first-order valence-electron chi connectivity index (χ1n) is 7.36. The molecule has 0 saturated heterocycles. The Hall–Kier alpha value is -1.75. The third-order valence-electron chi connectivity index (χ3n) is 3.71. The molecule has 0 spiro atoms. The van der Waals surface area contributed by atoms with E-state index in [2.05, 4.69) is 36.2 Å². The molecule has 21 heavy (non-hydrogen) atoms. The predicted molar refractivity (Wildman–Crippen MR) is 80.6 cm³/mol. The normalized spacial score (nSPS) is 14.1. The Bertz CT molecular complexity index is 597. The van der Waals surface area contributed by atoms with Crippen LogP contribution in [0.15, 0.2) is 22.7 Å². The van der Waals surface area contributed by atoms with Crippen LogP contribution >= 0.6 is 0 Å². The van der Waals surface area contributed by atoms with E-state index in [4.69, 9.17) is 4.52 Å². The smallest absolute Gasteiger partial charge is 0.231 e. The fourth-order valence-electron chi connectivity index (χ4n) is 2.08. The maximum atomic E-state index is 13.3. The zero-order valence-electron chi connectivity index (χ0n) is 13.0. The van der Waals surface area contributed by atoms with Gasteiger partial charge in [-0.15, -0.1) is 0 Å². The zero-order valence-corrected chi connectivity index (χ0v) is 13.0. The molecule has 1 aromatic carbocycles. The van der Waals surface area contributed by atoms with Crippen molar-refractivity contribution < 1.29 is 8.91 Å². The summed E-state index contributed by atoms with van der Waals surface area (Å²) >= 11 is 0. The average Bonchev–Trinajstić information content (AvgIpc) is 2.96. The quantitative estimate of drug-likeness (QED) is 0.882. The summed E-state index contributed by atoms with van der Waals surface area (Å²) in [7, 11) is 0. The fourth-order valence-corrected chi connectivity index (χ4v) is 2.08. The van der Waals surface area contributed by atoms with Crippen LogP contribution in [-0.2, 0) is 0 Å². The van der Waals surface area contributed by atoms with Crippen LogP contribution in [0.4, 0.5) is 4.39 Å². The highest BCUT2D eigenvalue weighted by molar-refractivity contribution is 5.55. The lowest BCUT2D eigenvalue weighted by atomic mass is 10.0.